The van der Waals surface area contributed by atoms with Crippen LogP contribution in [0.3, 0.4) is 0 Å². The Morgan fingerprint density at radius 2 is 1.57 bits per heavy atom. The van der Waals surface area contributed by atoms with E-state index in [1.54, 1.807) is 12.1 Å². The molecule has 0 radical (unpaired) electrons. The van der Waals surface area contributed by atoms with E-state index in [2.05, 4.69) is 10.2 Å². The van der Waals surface area contributed by atoms with Gasteiger partial charge in [0.2, 0.25) is 5.91 Å². The van der Waals surface area contributed by atoms with E-state index in [9.17, 15) is 13.2 Å². The van der Waals surface area contributed by atoms with E-state index >= 15 is 0 Å². The maximum atomic E-state index is 13.5. The van der Waals surface area contributed by atoms with Crippen molar-refractivity contribution in [3.8, 4) is 0 Å². The van der Waals surface area contributed by atoms with Gasteiger partial charge in [-0.05, 0) is 105 Å². The average Bonchev–Trinajstić information content (AvgIpc) is 2.85. The molecule has 0 bridgehead atoms. The fraction of sp³-hybridized carbons (Fsp3) is 0.296. The first kappa shape index (κ1) is 25.1. The molecule has 1 aliphatic rings. The molecule has 6 nitrogen and oxygen atoms in total. The third-order valence-electron chi connectivity index (χ3n) is 6.34. The van der Waals surface area contributed by atoms with Gasteiger partial charge in [0.1, 0.15) is 6.54 Å². The number of amides is 1. The molecule has 8 heteroatoms. The van der Waals surface area contributed by atoms with E-state index in [1.807, 2.05) is 44.2 Å². The zero-order valence-corrected chi connectivity index (χ0v) is 21.6. The van der Waals surface area contributed by atoms with Crippen LogP contribution >= 0.6 is 11.6 Å². The Kier molecular flexibility index (Phi) is 7.67. The van der Waals surface area contributed by atoms with Gasteiger partial charge < -0.3 is 10.2 Å². The van der Waals surface area contributed by atoms with Crippen LogP contribution in [0, 0.1) is 13.8 Å². The van der Waals surface area contributed by atoms with Crippen LogP contribution < -0.4 is 14.5 Å². The number of carbonyl (C=O) groups excluding carboxylic acids is 1. The molecule has 1 amide bonds. The summed E-state index contributed by atoms with van der Waals surface area (Å²) in [4.78, 5) is 15.4. The quantitative estimate of drug-likeness (QED) is 0.436. The normalized spacial score (nSPS) is 14.0. The second kappa shape index (κ2) is 10.7. The summed E-state index contributed by atoms with van der Waals surface area (Å²) in [6.07, 6.45) is 3.64. The highest BCUT2D eigenvalue weighted by Gasteiger charge is 2.27. The number of nitrogens with one attached hydrogen (secondary N) is 1. The average molecular weight is 512 g/mol. The van der Waals surface area contributed by atoms with Crippen molar-refractivity contribution >= 4 is 44.6 Å². The van der Waals surface area contributed by atoms with E-state index in [-0.39, 0.29) is 11.4 Å². The Labute approximate surface area is 212 Å². The molecule has 184 valence electrons. The summed E-state index contributed by atoms with van der Waals surface area (Å²) < 4.78 is 28.2. The highest BCUT2D eigenvalue weighted by Crippen LogP contribution is 2.27. The topological polar surface area (TPSA) is 69.7 Å². The highest BCUT2D eigenvalue weighted by molar-refractivity contribution is 7.92. The third kappa shape index (κ3) is 5.97. The van der Waals surface area contributed by atoms with Crippen LogP contribution in [0.1, 0.15) is 30.4 Å². The molecule has 4 rings (SSSR count). The van der Waals surface area contributed by atoms with Gasteiger partial charge in [0.15, 0.2) is 0 Å². The van der Waals surface area contributed by atoms with Gasteiger partial charge in [-0.1, -0.05) is 17.7 Å². The maximum absolute atomic E-state index is 13.5. The van der Waals surface area contributed by atoms with Crippen LogP contribution in [0.5, 0.6) is 0 Å². The summed E-state index contributed by atoms with van der Waals surface area (Å²) in [5.41, 5.74) is 4.16. The molecular weight excluding hydrogens is 482 g/mol. The first-order valence-corrected chi connectivity index (χ1v) is 13.6. The number of anilines is 3. The Morgan fingerprint density at radius 1 is 0.914 bits per heavy atom. The predicted octanol–water partition coefficient (Wildman–Crippen LogP) is 5.78. The molecule has 3 aromatic rings. The molecule has 0 aliphatic carbocycles. The van der Waals surface area contributed by atoms with Crippen LogP contribution in [0.2, 0.25) is 5.02 Å². The van der Waals surface area contributed by atoms with Gasteiger partial charge in [-0.25, -0.2) is 8.42 Å². The van der Waals surface area contributed by atoms with E-state index in [1.165, 1.54) is 43.5 Å². The van der Waals surface area contributed by atoms with Crippen molar-refractivity contribution in [2.45, 2.75) is 38.0 Å². The van der Waals surface area contributed by atoms with Gasteiger partial charge in [0, 0.05) is 29.5 Å². The van der Waals surface area contributed by atoms with Crippen molar-refractivity contribution < 1.29 is 13.2 Å². The largest absolute Gasteiger partial charge is 0.372 e. The summed E-state index contributed by atoms with van der Waals surface area (Å²) in [7, 11) is -4.00. The minimum Gasteiger partial charge on any atom is -0.372 e. The van der Waals surface area contributed by atoms with Gasteiger partial charge in [-0.2, -0.15) is 0 Å². The first-order valence-electron chi connectivity index (χ1n) is 11.7. The van der Waals surface area contributed by atoms with Crippen molar-refractivity contribution in [2.75, 3.05) is 34.2 Å². The minimum atomic E-state index is -4.00. The Bertz CT molecular complexity index is 1290. The van der Waals surface area contributed by atoms with Gasteiger partial charge in [-0.3, -0.25) is 9.10 Å². The van der Waals surface area contributed by atoms with E-state index in [0.29, 0.717) is 16.4 Å². The Hall–Kier alpha value is -3.03. The number of carbonyl (C=O) groups is 1. The van der Waals surface area contributed by atoms with Crippen molar-refractivity contribution in [3.05, 3.63) is 82.9 Å². The molecule has 0 spiro atoms. The monoisotopic (exact) mass is 511 g/mol. The molecule has 1 heterocycles. The molecule has 0 aromatic heterocycles. The molecule has 0 unspecified atom stereocenters. The molecular formula is C27H30ClN3O3S. The van der Waals surface area contributed by atoms with Crippen molar-refractivity contribution in [3.63, 3.8) is 0 Å². The van der Waals surface area contributed by atoms with Crippen molar-refractivity contribution in [2.24, 2.45) is 0 Å². The number of halogens is 1. The number of rotatable bonds is 7. The zero-order valence-electron chi connectivity index (χ0n) is 20.0. The maximum Gasteiger partial charge on any atom is 0.264 e. The molecule has 1 N–H and O–H groups in total. The van der Waals surface area contributed by atoms with Gasteiger partial charge in [-0.15, -0.1) is 0 Å². The lowest BCUT2D eigenvalue weighted by molar-refractivity contribution is -0.114. The van der Waals surface area contributed by atoms with Crippen molar-refractivity contribution in [1.29, 1.82) is 0 Å². The molecule has 1 fully saturated rings. The van der Waals surface area contributed by atoms with Crippen LogP contribution in [0.4, 0.5) is 17.1 Å². The van der Waals surface area contributed by atoms with Crippen LogP contribution in [-0.4, -0.2) is 34.0 Å². The number of piperidine rings is 1. The summed E-state index contributed by atoms with van der Waals surface area (Å²) in [6, 6.07) is 19.0. The summed E-state index contributed by atoms with van der Waals surface area (Å²) in [5.74, 6) is -0.425. The first-order chi connectivity index (χ1) is 16.7. The zero-order chi connectivity index (χ0) is 25.0. The molecule has 1 aliphatic heterocycles. The number of aryl methyl sites for hydroxylation is 2. The number of benzene rings is 3. The number of hydrogen-bond donors (Lipinski definition) is 1. The van der Waals surface area contributed by atoms with Gasteiger partial charge in [0.05, 0.1) is 10.6 Å². The lowest BCUT2D eigenvalue weighted by Crippen LogP contribution is -2.38. The summed E-state index contributed by atoms with van der Waals surface area (Å²) in [6.45, 7) is 5.59. The minimum absolute atomic E-state index is 0.0683. The predicted molar refractivity (Wildman–Crippen MR) is 143 cm³/mol. The molecule has 0 atom stereocenters. The Balaban J connectivity index is 1.56. The molecule has 35 heavy (non-hydrogen) atoms. The summed E-state index contributed by atoms with van der Waals surface area (Å²) >= 11 is 5.96. The van der Waals surface area contributed by atoms with E-state index in [0.717, 1.165) is 34.2 Å². The number of nitrogens with zero attached hydrogens (tertiary/aromatic N) is 2. The fourth-order valence-electron chi connectivity index (χ4n) is 4.17. The Morgan fingerprint density at radius 3 is 2.20 bits per heavy atom. The van der Waals surface area contributed by atoms with Crippen LogP contribution in [0.25, 0.3) is 0 Å². The van der Waals surface area contributed by atoms with Crippen LogP contribution in [-0.2, 0) is 14.8 Å². The molecule has 1 saturated heterocycles. The van der Waals surface area contributed by atoms with Gasteiger partial charge in [0.25, 0.3) is 10.0 Å². The van der Waals surface area contributed by atoms with Crippen LogP contribution in [0.15, 0.2) is 71.6 Å². The number of hydrogen-bond acceptors (Lipinski definition) is 4. The lowest BCUT2D eigenvalue weighted by Gasteiger charge is -2.29. The van der Waals surface area contributed by atoms with Gasteiger partial charge >= 0.3 is 0 Å². The SMILES string of the molecule is Cc1ccc(N(CC(=O)Nc2ccc(N3CCCCC3)cc2)S(=O)(=O)c2ccc(Cl)cc2)cc1C. The second-order valence-electron chi connectivity index (χ2n) is 8.88. The standard InChI is InChI=1S/C27H30ClN3O3S/c1-20-6-11-25(18-21(20)2)31(35(33,34)26-14-7-22(28)8-15-26)19-27(32)29-23-9-12-24(13-10-23)30-16-4-3-5-17-30/h6-15,18H,3-5,16-17,19H2,1-2H3,(H,29,32). The smallest absolute Gasteiger partial charge is 0.264 e. The third-order valence-corrected chi connectivity index (χ3v) is 8.38. The van der Waals surface area contributed by atoms with E-state index < -0.39 is 15.9 Å². The highest BCUT2D eigenvalue weighted by atomic mass is 35.5. The molecule has 0 saturated carbocycles. The van der Waals surface area contributed by atoms with Crippen molar-refractivity contribution in [1.82, 2.24) is 0 Å². The fourth-order valence-corrected chi connectivity index (χ4v) is 5.71. The van der Waals surface area contributed by atoms with E-state index in [4.69, 9.17) is 11.6 Å². The molecule has 3 aromatic carbocycles. The lowest BCUT2D eigenvalue weighted by atomic mass is 10.1. The summed E-state index contributed by atoms with van der Waals surface area (Å²) in [5, 5.41) is 3.28. The second-order valence-corrected chi connectivity index (χ2v) is 11.2. The number of sulfonamides is 1.